The molecule has 1 aromatic rings. The maximum Gasteiger partial charge on any atom is 0.221 e. The number of carbonyl (C=O) groups is 1. The Morgan fingerprint density at radius 3 is 2.33 bits per heavy atom. The van der Waals surface area contributed by atoms with Crippen molar-refractivity contribution < 1.29 is 4.79 Å². The predicted molar refractivity (Wildman–Crippen MR) is 89.7 cm³/mol. The molecular weight excluding hydrogens is 262 g/mol. The fourth-order valence-electron chi connectivity index (χ4n) is 2.03. The lowest BCUT2D eigenvalue weighted by Crippen LogP contribution is -2.34. The van der Waals surface area contributed by atoms with E-state index < -0.39 is 0 Å². The summed E-state index contributed by atoms with van der Waals surface area (Å²) in [6, 6.07) is 9.00. The van der Waals surface area contributed by atoms with Gasteiger partial charge in [0, 0.05) is 44.8 Å². The molecule has 0 radical (unpaired) electrons. The highest BCUT2D eigenvalue weighted by Gasteiger charge is 2.08. The zero-order valence-electron chi connectivity index (χ0n) is 13.9. The predicted octanol–water partition coefficient (Wildman–Crippen LogP) is 2.71. The van der Waals surface area contributed by atoms with E-state index in [1.54, 1.807) is 0 Å². The molecule has 1 aromatic carbocycles. The van der Waals surface area contributed by atoms with Crippen molar-refractivity contribution in [1.82, 2.24) is 10.6 Å². The van der Waals surface area contributed by atoms with Crippen molar-refractivity contribution in [3.63, 3.8) is 0 Å². The molecule has 0 aliphatic carbocycles. The van der Waals surface area contributed by atoms with Crippen LogP contribution in [-0.4, -0.2) is 32.6 Å². The van der Waals surface area contributed by atoms with Crippen LogP contribution in [0, 0.1) is 0 Å². The maximum absolute atomic E-state index is 11.7. The lowest BCUT2D eigenvalue weighted by Gasteiger charge is -2.17. The molecule has 1 rings (SSSR count). The van der Waals surface area contributed by atoms with Crippen LogP contribution in [0.15, 0.2) is 24.3 Å². The van der Waals surface area contributed by atoms with Crippen molar-refractivity contribution in [2.75, 3.05) is 25.5 Å². The largest absolute Gasteiger partial charge is 0.378 e. The molecular formula is C17H29N3O. The number of nitrogens with zero attached hydrogens (tertiary/aromatic N) is 1. The van der Waals surface area contributed by atoms with E-state index in [-0.39, 0.29) is 18.0 Å². The topological polar surface area (TPSA) is 44.4 Å². The summed E-state index contributed by atoms with van der Waals surface area (Å²) in [6.45, 7) is 6.92. The fraction of sp³-hybridized carbons (Fsp3) is 0.588. The first-order chi connectivity index (χ1) is 9.93. The Kier molecular flexibility index (Phi) is 7.23. The molecule has 0 heterocycles. The van der Waals surface area contributed by atoms with Crippen LogP contribution in [0.25, 0.3) is 0 Å². The van der Waals surface area contributed by atoms with E-state index in [1.807, 2.05) is 21.0 Å². The van der Waals surface area contributed by atoms with Crippen molar-refractivity contribution in [2.45, 2.75) is 45.7 Å². The van der Waals surface area contributed by atoms with E-state index in [2.05, 4.69) is 53.6 Å². The molecule has 0 fully saturated rings. The summed E-state index contributed by atoms with van der Waals surface area (Å²) in [7, 11) is 4.07. The van der Waals surface area contributed by atoms with E-state index >= 15 is 0 Å². The third-order valence-electron chi connectivity index (χ3n) is 3.73. The molecule has 0 saturated carbocycles. The maximum atomic E-state index is 11.7. The van der Waals surface area contributed by atoms with Gasteiger partial charge in [0.2, 0.25) is 5.91 Å². The van der Waals surface area contributed by atoms with Gasteiger partial charge in [-0.3, -0.25) is 4.79 Å². The lowest BCUT2D eigenvalue weighted by atomic mass is 10.1. The minimum absolute atomic E-state index is 0.118. The molecule has 2 atom stereocenters. The molecule has 1 amide bonds. The zero-order valence-corrected chi connectivity index (χ0v) is 13.9. The number of rotatable bonds is 8. The number of hydrogen-bond donors (Lipinski definition) is 2. The van der Waals surface area contributed by atoms with Gasteiger partial charge in [-0.15, -0.1) is 0 Å². The minimum Gasteiger partial charge on any atom is -0.378 e. The average molecular weight is 291 g/mol. The van der Waals surface area contributed by atoms with Crippen molar-refractivity contribution in [3.05, 3.63) is 29.8 Å². The Hall–Kier alpha value is -1.55. The molecule has 2 unspecified atom stereocenters. The van der Waals surface area contributed by atoms with Crippen molar-refractivity contribution >= 4 is 11.6 Å². The average Bonchev–Trinajstić information content (AvgIpc) is 2.46. The van der Waals surface area contributed by atoms with Gasteiger partial charge in [-0.2, -0.15) is 0 Å². The fourth-order valence-corrected chi connectivity index (χ4v) is 2.03. The van der Waals surface area contributed by atoms with Gasteiger partial charge in [-0.05, 0) is 38.0 Å². The van der Waals surface area contributed by atoms with Crippen LogP contribution in [0.2, 0.25) is 0 Å². The molecule has 2 N–H and O–H groups in total. The van der Waals surface area contributed by atoms with Crippen LogP contribution in [0.1, 0.15) is 45.2 Å². The Morgan fingerprint density at radius 1 is 1.19 bits per heavy atom. The molecule has 4 nitrogen and oxygen atoms in total. The number of benzene rings is 1. The van der Waals surface area contributed by atoms with Gasteiger partial charge in [0.05, 0.1) is 0 Å². The van der Waals surface area contributed by atoms with Crippen LogP contribution in [0.4, 0.5) is 5.69 Å². The first kappa shape index (κ1) is 17.5. The summed E-state index contributed by atoms with van der Waals surface area (Å²) in [4.78, 5) is 13.8. The second-order valence-corrected chi connectivity index (χ2v) is 5.79. The number of nitrogens with one attached hydrogen (secondary N) is 2. The Balaban J connectivity index is 2.36. The quantitative estimate of drug-likeness (QED) is 0.774. The smallest absolute Gasteiger partial charge is 0.221 e. The summed E-state index contributed by atoms with van der Waals surface area (Å²) in [6.07, 6.45) is 1.48. The molecule has 118 valence electrons. The number of anilines is 1. The van der Waals surface area contributed by atoms with Gasteiger partial charge in [-0.1, -0.05) is 19.1 Å². The first-order valence-electron chi connectivity index (χ1n) is 7.74. The van der Waals surface area contributed by atoms with Crippen LogP contribution >= 0.6 is 0 Å². The third-order valence-corrected chi connectivity index (χ3v) is 3.73. The second kappa shape index (κ2) is 8.67. The monoisotopic (exact) mass is 291 g/mol. The minimum atomic E-state index is 0.118. The van der Waals surface area contributed by atoms with Crippen LogP contribution in [0.5, 0.6) is 0 Å². The van der Waals surface area contributed by atoms with E-state index in [4.69, 9.17) is 0 Å². The molecule has 0 spiro atoms. The molecule has 0 aliphatic rings. The van der Waals surface area contributed by atoms with Gasteiger partial charge in [0.25, 0.3) is 0 Å². The van der Waals surface area contributed by atoms with Gasteiger partial charge in [0.1, 0.15) is 0 Å². The second-order valence-electron chi connectivity index (χ2n) is 5.79. The molecule has 21 heavy (non-hydrogen) atoms. The van der Waals surface area contributed by atoms with Crippen molar-refractivity contribution in [2.24, 2.45) is 0 Å². The Labute approximate surface area is 128 Å². The molecule has 0 bridgehead atoms. The summed E-state index contributed by atoms with van der Waals surface area (Å²) in [5, 5.41) is 6.37. The Bertz CT molecular complexity index is 428. The summed E-state index contributed by atoms with van der Waals surface area (Å²) in [5.41, 5.74) is 2.43. The van der Waals surface area contributed by atoms with Gasteiger partial charge >= 0.3 is 0 Å². The third kappa shape index (κ3) is 6.17. The van der Waals surface area contributed by atoms with Crippen LogP contribution in [-0.2, 0) is 4.79 Å². The number of hydrogen-bond acceptors (Lipinski definition) is 3. The van der Waals surface area contributed by atoms with Gasteiger partial charge in [0.15, 0.2) is 0 Å². The van der Waals surface area contributed by atoms with E-state index in [9.17, 15) is 4.79 Å². The number of amides is 1. The highest BCUT2D eigenvalue weighted by molar-refractivity contribution is 5.76. The summed E-state index contributed by atoms with van der Waals surface area (Å²) >= 11 is 0. The highest BCUT2D eigenvalue weighted by Crippen LogP contribution is 2.17. The molecule has 0 aliphatic heterocycles. The van der Waals surface area contributed by atoms with Gasteiger partial charge in [-0.25, -0.2) is 0 Å². The molecule has 0 aromatic heterocycles. The SMILES string of the molecule is CCC(C)NC(=O)CCNC(C)c1ccc(N(C)C)cc1. The van der Waals surface area contributed by atoms with Crippen molar-refractivity contribution in [3.8, 4) is 0 Å². The summed E-state index contributed by atoms with van der Waals surface area (Å²) in [5.74, 6) is 0.118. The lowest BCUT2D eigenvalue weighted by molar-refractivity contribution is -0.121. The molecule has 4 heteroatoms. The Morgan fingerprint density at radius 2 is 1.81 bits per heavy atom. The normalized spacial score (nSPS) is 13.6. The van der Waals surface area contributed by atoms with Gasteiger partial charge < -0.3 is 15.5 Å². The number of carbonyl (C=O) groups excluding carboxylic acids is 1. The standard InChI is InChI=1S/C17H29N3O/c1-6-13(2)19-17(21)11-12-18-14(3)15-7-9-16(10-8-15)20(4)5/h7-10,13-14,18H,6,11-12H2,1-5H3,(H,19,21). The van der Waals surface area contributed by atoms with E-state index in [1.165, 1.54) is 11.3 Å². The van der Waals surface area contributed by atoms with Crippen LogP contribution < -0.4 is 15.5 Å². The van der Waals surface area contributed by atoms with E-state index in [0.29, 0.717) is 13.0 Å². The highest BCUT2D eigenvalue weighted by atomic mass is 16.1. The zero-order chi connectivity index (χ0) is 15.8. The first-order valence-corrected chi connectivity index (χ1v) is 7.74. The van der Waals surface area contributed by atoms with E-state index in [0.717, 1.165) is 6.42 Å². The summed E-state index contributed by atoms with van der Waals surface area (Å²) < 4.78 is 0. The molecule has 0 saturated heterocycles. The van der Waals surface area contributed by atoms with Crippen LogP contribution in [0.3, 0.4) is 0 Å². The van der Waals surface area contributed by atoms with Crippen molar-refractivity contribution in [1.29, 1.82) is 0 Å².